The molecule has 0 atom stereocenters. The van der Waals surface area contributed by atoms with Crippen molar-refractivity contribution in [3.8, 4) is 0 Å². The summed E-state index contributed by atoms with van der Waals surface area (Å²) in [6.45, 7) is 0.472. The third-order valence-electron chi connectivity index (χ3n) is 1.03. The zero-order valence-electron chi connectivity index (χ0n) is 6.61. The zero-order chi connectivity index (χ0) is 9.61. The van der Waals surface area contributed by atoms with Gasteiger partial charge in [-0.2, -0.15) is 8.42 Å². The predicted octanol–water partition coefficient (Wildman–Crippen LogP) is -0.147. The van der Waals surface area contributed by atoms with Crippen molar-refractivity contribution in [1.29, 1.82) is 0 Å². The van der Waals surface area contributed by atoms with E-state index < -0.39 is 10.1 Å². The Labute approximate surface area is 131 Å². The van der Waals surface area contributed by atoms with Crippen molar-refractivity contribution in [3.05, 3.63) is 0 Å². The van der Waals surface area contributed by atoms with Gasteiger partial charge in [0.2, 0.25) is 0 Å². The Balaban J connectivity index is 0. The van der Waals surface area contributed by atoms with Crippen molar-refractivity contribution in [2.75, 3.05) is 18.6 Å². The molecule has 0 aromatic heterocycles. The quantitative estimate of drug-likeness (QED) is 0.320. The van der Waals surface area contributed by atoms with Gasteiger partial charge in [0.25, 0.3) is 10.1 Å². The van der Waals surface area contributed by atoms with E-state index in [9.17, 15) is 8.42 Å². The molecular formula is C5H12KNO3S3. The Morgan fingerprint density at radius 2 is 2.15 bits per heavy atom. The van der Waals surface area contributed by atoms with Gasteiger partial charge in [-0.3, -0.25) is 4.55 Å². The van der Waals surface area contributed by atoms with Gasteiger partial charge in [-0.25, -0.2) is 0 Å². The van der Waals surface area contributed by atoms with Gasteiger partial charge in [-0.15, -0.1) is 11.8 Å². The van der Waals surface area contributed by atoms with E-state index in [0.717, 1.165) is 0 Å². The molecule has 0 aromatic rings. The molecule has 0 aliphatic heterocycles. The summed E-state index contributed by atoms with van der Waals surface area (Å²) in [6.07, 6.45) is 2.19. The summed E-state index contributed by atoms with van der Waals surface area (Å²) in [4.78, 5) is 0. The van der Waals surface area contributed by atoms with Gasteiger partial charge < -0.3 is 5.32 Å². The molecule has 0 fully saturated rings. The minimum absolute atomic E-state index is 0. The van der Waals surface area contributed by atoms with Gasteiger partial charge >= 0.3 is 51.4 Å². The number of thiocarbonyl (C=S) groups is 1. The third kappa shape index (κ3) is 13.8. The molecule has 2 N–H and O–H groups in total. The molecule has 0 unspecified atom stereocenters. The maximum atomic E-state index is 10.2. The first-order chi connectivity index (χ1) is 5.45. The first kappa shape index (κ1) is 17.2. The number of nitrogens with one attached hydrogen (secondary N) is 1. The first-order valence-corrected chi connectivity index (χ1v) is 6.47. The summed E-state index contributed by atoms with van der Waals surface area (Å²) in [5.41, 5.74) is 0. The summed E-state index contributed by atoms with van der Waals surface area (Å²) >= 11 is 6.19. The van der Waals surface area contributed by atoms with Gasteiger partial charge in [-0.1, -0.05) is 12.2 Å². The normalized spacial score (nSPS) is 10.3. The average Bonchev–Trinajstić information content (AvgIpc) is 1.96. The number of hydrogen-bond acceptors (Lipinski definition) is 4. The van der Waals surface area contributed by atoms with E-state index in [2.05, 4.69) is 5.32 Å². The van der Waals surface area contributed by atoms with Gasteiger partial charge in [0.05, 0.1) is 5.75 Å². The van der Waals surface area contributed by atoms with Crippen LogP contribution in [-0.2, 0) is 10.1 Å². The van der Waals surface area contributed by atoms with Crippen LogP contribution in [0.2, 0.25) is 0 Å². The Kier molecular flexibility index (Phi) is 12.0. The molecule has 74 valence electrons. The molecule has 13 heavy (non-hydrogen) atoms. The van der Waals surface area contributed by atoms with Crippen LogP contribution in [-0.4, -0.2) is 87.2 Å². The molecule has 0 rings (SSSR count). The molecule has 0 bridgehead atoms. The standard InChI is InChI=1S/C5H11NO3S3.K.H/c1-11-5(10)6-3-2-4-12(7,8)9;;/h2-4H2,1H3,(H,6,10)(H,7,8,9);;. The fraction of sp³-hybridized carbons (Fsp3) is 0.800. The molecule has 0 saturated heterocycles. The fourth-order valence-electron chi connectivity index (χ4n) is 0.517. The monoisotopic (exact) mass is 269 g/mol. The van der Waals surface area contributed by atoms with E-state index in [4.69, 9.17) is 16.8 Å². The van der Waals surface area contributed by atoms with Crippen LogP contribution in [0.15, 0.2) is 0 Å². The molecule has 0 aromatic carbocycles. The Bertz CT molecular complexity index is 241. The van der Waals surface area contributed by atoms with Crippen molar-refractivity contribution in [2.45, 2.75) is 6.42 Å². The van der Waals surface area contributed by atoms with Gasteiger partial charge in [0.15, 0.2) is 0 Å². The van der Waals surface area contributed by atoms with Crippen LogP contribution in [0.3, 0.4) is 0 Å². The molecule has 4 nitrogen and oxygen atoms in total. The van der Waals surface area contributed by atoms with Gasteiger partial charge in [-0.05, 0) is 12.7 Å². The molecule has 0 amide bonds. The van der Waals surface area contributed by atoms with Crippen molar-refractivity contribution < 1.29 is 13.0 Å². The van der Waals surface area contributed by atoms with Crippen LogP contribution >= 0.6 is 24.0 Å². The van der Waals surface area contributed by atoms with Crippen LogP contribution in [0.4, 0.5) is 0 Å². The number of thioether (sulfide) groups is 1. The van der Waals surface area contributed by atoms with E-state index in [0.29, 0.717) is 17.3 Å². The van der Waals surface area contributed by atoms with Crippen LogP contribution in [0.25, 0.3) is 0 Å². The molecule has 0 saturated carbocycles. The van der Waals surface area contributed by atoms with Crippen LogP contribution < -0.4 is 5.32 Å². The van der Waals surface area contributed by atoms with Crippen molar-refractivity contribution >= 4 is 89.8 Å². The molecule has 0 radical (unpaired) electrons. The van der Waals surface area contributed by atoms with E-state index in [1.54, 1.807) is 0 Å². The number of rotatable bonds is 4. The topological polar surface area (TPSA) is 66.4 Å². The van der Waals surface area contributed by atoms with Gasteiger partial charge in [0.1, 0.15) is 4.32 Å². The summed E-state index contributed by atoms with van der Waals surface area (Å²) in [5.74, 6) is -0.225. The minimum atomic E-state index is -3.82. The zero-order valence-corrected chi connectivity index (χ0v) is 9.06. The summed E-state index contributed by atoms with van der Waals surface area (Å²) in [5, 5.41) is 2.82. The summed E-state index contributed by atoms with van der Waals surface area (Å²) in [7, 11) is -3.82. The van der Waals surface area contributed by atoms with E-state index in [-0.39, 0.29) is 57.1 Å². The molecular weight excluding hydrogens is 257 g/mol. The van der Waals surface area contributed by atoms with E-state index >= 15 is 0 Å². The second-order valence-electron chi connectivity index (χ2n) is 2.06. The molecule has 0 heterocycles. The van der Waals surface area contributed by atoms with Crippen LogP contribution in [0, 0.1) is 0 Å². The van der Waals surface area contributed by atoms with Gasteiger partial charge in [0, 0.05) is 6.54 Å². The molecule has 0 spiro atoms. The summed E-state index contributed by atoms with van der Waals surface area (Å²) < 4.78 is 29.4. The third-order valence-corrected chi connectivity index (χ3v) is 3.00. The summed E-state index contributed by atoms with van der Waals surface area (Å²) in [6, 6.07) is 0. The van der Waals surface area contributed by atoms with Crippen molar-refractivity contribution in [2.24, 2.45) is 0 Å². The second-order valence-corrected chi connectivity index (χ2v) is 5.11. The van der Waals surface area contributed by atoms with Crippen molar-refractivity contribution in [3.63, 3.8) is 0 Å². The molecule has 0 aliphatic rings. The van der Waals surface area contributed by atoms with E-state index in [1.807, 2.05) is 6.26 Å². The molecule has 0 aliphatic carbocycles. The average molecular weight is 269 g/mol. The van der Waals surface area contributed by atoms with Crippen molar-refractivity contribution in [1.82, 2.24) is 5.32 Å². The maximum absolute atomic E-state index is 10.2. The first-order valence-electron chi connectivity index (χ1n) is 3.22. The Morgan fingerprint density at radius 1 is 1.62 bits per heavy atom. The van der Waals surface area contributed by atoms with Crippen LogP contribution in [0.5, 0.6) is 0 Å². The fourth-order valence-corrected chi connectivity index (χ4v) is 1.37. The van der Waals surface area contributed by atoms with Crippen LogP contribution in [0.1, 0.15) is 6.42 Å². The SMILES string of the molecule is CSC(=S)NCCCS(=O)(=O)O.[KH]. The Hall–Kier alpha value is 1.79. The Morgan fingerprint density at radius 3 is 2.54 bits per heavy atom. The number of hydrogen-bond donors (Lipinski definition) is 2. The predicted molar refractivity (Wildman–Crippen MR) is 62.3 cm³/mol. The van der Waals surface area contributed by atoms with E-state index in [1.165, 1.54) is 11.8 Å². The molecule has 8 heteroatoms. The second kappa shape index (κ2) is 9.04.